The Hall–Kier alpha value is -0.520. The van der Waals surface area contributed by atoms with Crippen molar-refractivity contribution in [3.05, 3.63) is 23.8 Å². The maximum Gasteiger partial charge on any atom is -0.0160 e. The fourth-order valence-corrected chi connectivity index (χ4v) is 1.07. The van der Waals surface area contributed by atoms with Crippen molar-refractivity contribution in [3.8, 4) is 0 Å². The van der Waals surface area contributed by atoms with Crippen LogP contribution >= 0.6 is 0 Å². The molecule has 0 saturated carbocycles. The Morgan fingerprint density at radius 2 is 2.44 bits per heavy atom. The second-order valence-electron chi connectivity index (χ2n) is 2.52. The summed E-state index contributed by atoms with van der Waals surface area (Å²) >= 11 is 0. The molecule has 0 aromatic carbocycles. The summed E-state index contributed by atoms with van der Waals surface area (Å²) in [5.74, 6) is 0. The minimum Gasteiger partial charge on any atom is -0.0805 e. The minimum atomic E-state index is 1.17. The Balaban J connectivity index is 2.19. The second kappa shape index (κ2) is 3.49. The van der Waals surface area contributed by atoms with Crippen molar-refractivity contribution in [2.75, 3.05) is 0 Å². The molecule has 0 heteroatoms. The number of hydrogen-bond acceptors (Lipinski definition) is 0. The zero-order valence-corrected chi connectivity index (χ0v) is 6.06. The summed E-state index contributed by atoms with van der Waals surface area (Å²) in [5, 5.41) is 0. The van der Waals surface area contributed by atoms with Gasteiger partial charge in [-0.2, -0.15) is 0 Å². The predicted molar refractivity (Wildman–Crippen MR) is 41.4 cm³/mol. The third kappa shape index (κ3) is 2.05. The highest BCUT2D eigenvalue weighted by Crippen LogP contribution is 2.14. The van der Waals surface area contributed by atoms with Crippen LogP contribution in [0.25, 0.3) is 0 Å². The number of allylic oxidation sites excluding steroid dienone is 4. The van der Waals surface area contributed by atoms with E-state index < -0.39 is 0 Å². The van der Waals surface area contributed by atoms with Gasteiger partial charge in [-0.15, -0.1) is 0 Å². The Labute approximate surface area is 57.3 Å². The smallest absolute Gasteiger partial charge is 0.0160 e. The van der Waals surface area contributed by atoms with E-state index in [1.54, 1.807) is 0 Å². The summed E-state index contributed by atoms with van der Waals surface area (Å²) in [7, 11) is 0. The molecule has 1 rings (SSSR count). The van der Waals surface area contributed by atoms with Crippen molar-refractivity contribution in [1.82, 2.24) is 0 Å². The lowest BCUT2D eigenvalue weighted by molar-refractivity contribution is 0.798. The van der Waals surface area contributed by atoms with Gasteiger partial charge >= 0.3 is 0 Å². The molecular formula is C9H14. The molecule has 0 aromatic rings. The quantitative estimate of drug-likeness (QED) is 0.539. The molecule has 0 nitrogen and oxygen atoms in total. The van der Waals surface area contributed by atoms with Gasteiger partial charge in [-0.3, -0.25) is 0 Å². The highest BCUT2D eigenvalue weighted by atomic mass is 14.0. The van der Waals surface area contributed by atoms with Crippen LogP contribution in [0.1, 0.15) is 32.6 Å². The van der Waals surface area contributed by atoms with Crippen LogP contribution in [0.4, 0.5) is 0 Å². The molecule has 0 fully saturated rings. The fourth-order valence-electron chi connectivity index (χ4n) is 1.07. The van der Waals surface area contributed by atoms with Crippen LogP contribution in [-0.2, 0) is 0 Å². The maximum atomic E-state index is 2.32. The predicted octanol–water partition coefficient (Wildman–Crippen LogP) is 3.06. The summed E-state index contributed by atoms with van der Waals surface area (Å²) < 4.78 is 0. The molecule has 0 radical (unpaired) electrons. The van der Waals surface area contributed by atoms with Gasteiger partial charge in [0.15, 0.2) is 0 Å². The molecule has 0 unspecified atom stereocenters. The Bertz CT molecular complexity index is 129. The zero-order valence-electron chi connectivity index (χ0n) is 6.06. The maximum absolute atomic E-state index is 2.32. The van der Waals surface area contributed by atoms with Gasteiger partial charge < -0.3 is 0 Å². The third-order valence-corrected chi connectivity index (χ3v) is 1.67. The standard InChI is InChI=1S/C9H14/c1-2-3-6-9-7-4-5-8-9/h4,7-8H,2-3,5-6H2,1H3. The Morgan fingerprint density at radius 1 is 1.56 bits per heavy atom. The third-order valence-electron chi connectivity index (χ3n) is 1.67. The first kappa shape index (κ1) is 6.60. The summed E-state index contributed by atoms with van der Waals surface area (Å²) in [6.07, 6.45) is 11.9. The SMILES string of the molecule is CCCCC1=CCC=C1. The van der Waals surface area contributed by atoms with Gasteiger partial charge in [-0.05, 0) is 19.3 Å². The van der Waals surface area contributed by atoms with Gasteiger partial charge in [-0.1, -0.05) is 37.1 Å². The minimum absolute atomic E-state index is 1.17. The molecule has 0 aromatic heterocycles. The molecule has 0 atom stereocenters. The zero-order chi connectivity index (χ0) is 6.53. The molecule has 0 heterocycles. The second-order valence-corrected chi connectivity index (χ2v) is 2.52. The topological polar surface area (TPSA) is 0 Å². The first-order chi connectivity index (χ1) is 4.43. The van der Waals surface area contributed by atoms with Crippen LogP contribution in [0.15, 0.2) is 23.8 Å². The van der Waals surface area contributed by atoms with E-state index >= 15 is 0 Å². The average molecular weight is 122 g/mol. The van der Waals surface area contributed by atoms with Crippen molar-refractivity contribution >= 4 is 0 Å². The molecule has 0 N–H and O–H groups in total. The van der Waals surface area contributed by atoms with E-state index in [9.17, 15) is 0 Å². The van der Waals surface area contributed by atoms with Crippen molar-refractivity contribution in [2.45, 2.75) is 32.6 Å². The summed E-state index contributed by atoms with van der Waals surface area (Å²) in [6.45, 7) is 2.24. The van der Waals surface area contributed by atoms with Crippen LogP contribution in [0.5, 0.6) is 0 Å². The van der Waals surface area contributed by atoms with E-state index in [1.165, 1.54) is 31.3 Å². The molecule has 0 aliphatic heterocycles. The lowest BCUT2D eigenvalue weighted by atomic mass is 10.1. The lowest BCUT2D eigenvalue weighted by Gasteiger charge is -1.94. The molecule has 1 aliphatic carbocycles. The van der Waals surface area contributed by atoms with Gasteiger partial charge in [0.05, 0.1) is 0 Å². The summed E-state index contributed by atoms with van der Waals surface area (Å²) in [5.41, 5.74) is 1.54. The number of unbranched alkanes of at least 4 members (excludes halogenated alkanes) is 1. The molecular weight excluding hydrogens is 108 g/mol. The van der Waals surface area contributed by atoms with E-state index in [0.29, 0.717) is 0 Å². The summed E-state index contributed by atoms with van der Waals surface area (Å²) in [4.78, 5) is 0. The monoisotopic (exact) mass is 122 g/mol. The van der Waals surface area contributed by atoms with Gasteiger partial charge in [0.25, 0.3) is 0 Å². The van der Waals surface area contributed by atoms with Gasteiger partial charge in [-0.25, -0.2) is 0 Å². The first-order valence-electron chi connectivity index (χ1n) is 3.79. The van der Waals surface area contributed by atoms with Crippen LogP contribution in [-0.4, -0.2) is 0 Å². The molecule has 0 bridgehead atoms. The van der Waals surface area contributed by atoms with Crippen molar-refractivity contribution in [2.24, 2.45) is 0 Å². The molecule has 0 saturated heterocycles. The fraction of sp³-hybridized carbons (Fsp3) is 0.556. The van der Waals surface area contributed by atoms with Crippen molar-refractivity contribution in [3.63, 3.8) is 0 Å². The van der Waals surface area contributed by atoms with E-state index in [1.807, 2.05) is 0 Å². The highest BCUT2D eigenvalue weighted by Gasteiger charge is 1.94. The Kier molecular flexibility index (Phi) is 2.56. The molecule has 1 aliphatic rings. The molecule has 9 heavy (non-hydrogen) atoms. The average Bonchev–Trinajstić information content (AvgIpc) is 2.34. The van der Waals surface area contributed by atoms with Crippen LogP contribution < -0.4 is 0 Å². The van der Waals surface area contributed by atoms with E-state index in [-0.39, 0.29) is 0 Å². The van der Waals surface area contributed by atoms with E-state index in [0.717, 1.165) is 0 Å². The van der Waals surface area contributed by atoms with Crippen LogP contribution in [0.3, 0.4) is 0 Å². The molecule has 0 spiro atoms. The van der Waals surface area contributed by atoms with Gasteiger partial charge in [0, 0.05) is 0 Å². The van der Waals surface area contributed by atoms with E-state index in [4.69, 9.17) is 0 Å². The lowest BCUT2D eigenvalue weighted by Crippen LogP contribution is -1.74. The van der Waals surface area contributed by atoms with Crippen molar-refractivity contribution < 1.29 is 0 Å². The number of hydrogen-bond donors (Lipinski definition) is 0. The largest absolute Gasteiger partial charge is 0.0805 e. The normalized spacial score (nSPS) is 16.3. The van der Waals surface area contributed by atoms with Crippen LogP contribution in [0.2, 0.25) is 0 Å². The van der Waals surface area contributed by atoms with Gasteiger partial charge in [0.2, 0.25) is 0 Å². The number of rotatable bonds is 3. The highest BCUT2D eigenvalue weighted by molar-refractivity contribution is 5.25. The van der Waals surface area contributed by atoms with E-state index in [2.05, 4.69) is 25.2 Å². The first-order valence-corrected chi connectivity index (χ1v) is 3.79. The molecule has 50 valence electrons. The van der Waals surface area contributed by atoms with Crippen molar-refractivity contribution in [1.29, 1.82) is 0 Å². The summed E-state index contributed by atoms with van der Waals surface area (Å²) in [6, 6.07) is 0. The Morgan fingerprint density at radius 3 is 3.00 bits per heavy atom. The molecule has 0 amide bonds. The van der Waals surface area contributed by atoms with Gasteiger partial charge in [0.1, 0.15) is 0 Å². The van der Waals surface area contributed by atoms with Crippen LogP contribution in [0, 0.1) is 0 Å².